The lowest BCUT2D eigenvalue weighted by molar-refractivity contribution is 0.531. The van der Waals surface area contributed by atoms with Gasteiger partial charge in [0.05, 0.1) is 5.54 Å². The van der Waals surface area contributed by atoms with Crippen LogP contribution in [0.15, 0.2) is 22.3 Å². The van der Waals surface area contributed by atoms with Crippen molar-refractivity contribution in [2.45, 2.75) is 40.2 Å². The van der Waals surface area contributed by atoms with Gasteiger partial charge in [0.25, 0.3) is 0 Å². The van der Waals surface area contributed by atoms with Gasteiger partial charge in [-0.25, -0.2) is 0 Å². The van der Waals surface area contributed by atoms with Gasteiger partial charge in [0.2, 0.25) is 0 Å². The van der Waals surface area contributed by atoms with Gasteiger partial charge < -0.3 is 5.32 Å². The van der Waals surface area contributed by atoms with Crippen LogP contribution in [0.4, 0.5) is 0 Å². The van der Waals surface area contributed by atoms with Crippen molar-refractivity contribution < 1.29 is 0 Å². The zero-order valence-corrected chi connectivity index (χ0v) is 9.00. The standard InChI is InChI=1S/C11H19N/c1-7-8(2)10(4)11(5,12-6)9(7)3/h12H,1-6H3. The van der Waals surface area contributed by atoms with Crippen LogP contribution in [0.25, 0.3) is 0 Å². The third-order valence-electron chi connectivity index (χ3n) is 3.69. The van der Waals surface area contributed by atoms with E-state index in [9.17, 15) is 0 Å². The van der Waals surface area contributed by atoms with E-state index in [0.717, 1.165) is 0 Å². The maximum absolute atomic E-state index is 3.38. The minimum absolute atomic E-state index is 0.105. The molecule has 0 aromatic heterocycles. The molecule has 1 heteroatoms. The average Bonchev–Trinajstić information content (AvgIpc) is 2.22. The van der Waals surface area contributed by atoms with E-state index in [2.05, 4.69) is 39.9 Å². The summed E-state index contributed by atoms with van der Waals surface area (Å²) < 4.78 is 0. The van der Waals surface area contributed by atoms with Gasteiger partial charge in [-0.15, -0.1) is 0 Å². The molecular weight excluding hydrogens is 146 g/mol. The Bertz CT molecular complexity index is 245. The fourth-order valence-corrected chi connectivity index (χ4v) is 1.97. The van der Waals surface area contributed by atoms with Crippen molar-refractivity contribution in [2.24, 2.45) is 0 Å². The van der Waals surface area contributed by atoms with Crippen molar-refractivity contribution in [1.82, 2.24) is 5.32 Å². The second-order valence-electron chi connectivity index (χ2n) is 3.88. The lowest BCUT2D eigenvalue weighted by atomic mass is 9.89. The molecule has 1 aliphatic rings. The number of nitrogens with one attached hydrogen (secondary N) is 1. The molecule has 0 unspecified atom stereocenters. The Hall–Kier alpha value is -0.560. The molecule has 1 N–H and O–H groups in total. The van der Waals surface area contributed by atoms with Crippen molar-refractivity contribution in [3.63, 3.8) is 0 Å². The molecule has 0 fully saturated rings. The van der Waals surface area contributed by atoms with Crippen molar-refractivity contribution in [1.29, 1.82) is 0 Å². The molecule has 0 aliphatic heterocycles. The Kier molecular flexibility index (Phi) is 2.17. The predicted molar refractivity (Wildman–Crippen MR) is 54.2 cm³/mol. The zero-order valence-electron chi connectivity index (χ0n) is 9.00. The van der Waals surface area contributed by atoms with E-state index in [1.165, 1.54) is 22.3 Å². The van der Waals surface area contributed by atoms with Crippen LogP contribution in [-0.4, -0.2) is 12.6 Å². The summed E-state index contributed by atoms with van der Waals surface area (Å²) in [4.78, 5) is 0. The highest BCUT2D eigenvalue weighted by Crippen LogP contribution is 2.39. The first-order valence-electron chi connectivity index (χ1n) is 4.50. The van der Waals surface area contributed by atoms with Crippen molar-refractivity contribution >= 4 is 0 Å². The SMILES string of the molecule is CNC1(C)C(C)=C(C)C(C)=C1C. The van der Waals surface area contributed by atoms with E-state index in [-0.39, 0.29) is 5.54 Å². The molecule has 0 radical (unpaired) electrons. The van der Waals surface area contributed by atoms with Crippen LogP contribution in [0.1, 0.15) is 34.6 Å². The fraction of sp³-hybridized carbons (Fsp3) is 0.636. The molecule has 0 bridgehead atoms. The first kappa shape index (κ1) is 9.53. The zero-order chi connectivity index (χ0) is 9.52. The molecule has 1 aliphatic carbocycles. The Morgan fingerprint density at radius 2 is 1.25 bits per heavy atom. The van der Waals surface area contributed by atoms with Gasteiger partial charge in [0.1, 0.15) is 0 Å². The summed E-state index contributed by atoms with van der Waals surface area (Å²) in [7, 11) is 2.03. The van der Waals surface area contributed by atoms with Crippen LogP contribution in [0.3, 0.4) is 0 Å². The van der Waals surface area contributed by atoms with Gasteiger partial charge in [0.15, 0.2) is 0 Å². The molecule has 0 saturated carbocycles. The topological polar surface area (TPSA) is 12.0 Å². The third-order valence-corrected chi connectivity index (χ3v) is 3.69. The molecule has 1 nitrogen and oxygen atoms in total. The highest BCUT2D eigenvalue weighted by atomic mass is 14.9. The summed E-state index contributed by atoms with van der Waals surface area (Å²) in [6.07, 6.45) is 0. The quantitative estimate of drug-likeness (QED) is 0.630. The summed E-state index contributed by atoms with van der Waals surface area (Å²) in [6.45, 7) is 11.1. The normalized spacial score (nSPS) is 22.5. The lowest BCUT2D eigenvalue weighted by Crippen LogP contribution is -2.40. The number of rotatable bonds is 1. The summed E-state index contributed by atoms with van der Waals surface area (Å²) in [5, 5.41) is 3.38. The number of hydrogen-bond donors (Lipinski definition) is 1. The van der Waals surface area contributed by atoms with Crippen molar-refractivity contribution in [2.75, 3.05) is 7.05 Å². The molecule has 0 aromatic rings. The summed E-state index contributed by atoms with van der Waals surface area (Å²) in [6, 6.07) is 0. The van der Waals surface area contributed by atoms with Gasteiger partial charge in [-0.3, -0.25) is 0 Å². The number of likely N-dealkylation sites (N-methyl/N-ethyl adjacent to an activating group) is 1. The van der Waals surface area contributed by atoms with Gasteiger partial charge in [-0.05, 0) is 64.0 Å². The minimum atomic E-state index is 0.105. The van der Waals surface area contributed by atoms with Crippen LogP contribution in [0.2, 0.25) is 0 Å². The average molecular weight is 165 g/mol. The highest BCUT2D eigenvalue weighted by molar-refractivity contribution is 5.53. The van der Waals surface area contributed by atoms with E-state index in [4.69, 9.17) is 0 Å². The monoisotopic (exact) mass is 165 g/mol. The molecule has 0 heterocycles. The summed E-state index contributed by atoms with van der Waals surface area (Å²) in [5.74, 6) is 0. The van der Waals surface area contributed by atoms with Gasteiger partial charge in [0, 0.05) is 0 Å². The second kappa shape index (κ2) is 2.74. The Labute approximate surface area is 75.6 Å². The highest BCUT2D eigenvalue weighted by Gasteiger charge is 2.34. The van der Waals surface area contributed by atoms with Crippen LogP contribution in [0, 0.1) is 0 Å². The molecule has 12 heavy (non-hydrogen) atoms. The molecule has 0 aromatic carbocycles. The van der Waals surface area contributed by atoms with E-state index >= 15 is 0 Å². The predicted octanol–water partition coefficient (Wildman–Crippen LogP) is 2.65. The molecule has 0 saturated heterocycles. The Balaban J connectivity index is 3.25. The van der Waals surface area contributed by atoms with Gasteiger partial charge in [-0.1, -0.05) is 0 Å². The van der Waals surface area contributed by atoms with E-state index in [1.807, 2.05) is 7.05 Å². The molecular formula is C11H19N. The van der Waals surface area contributed by atoms with Crippen LogP contribution in [-0.2, 0) is 0 Å². The maximum Gasteiger partial charge on any atom is 0.0584 e. The van der Waals surface area contributed by atoms with Crippen molar-refractivity contribution in [3.05, 3.63) is 22.3 Å². The summed E-state index contributed by atoms with van der Waals surface area (Å²) >= 11 is 0. The summed E-state index contributed by atoms with van der Waals surface area (Å²) in [5.41, 5.74) is 5.92. The Morgan fingerprint density at radius 3 is 1.42 bits per heavy atom. The van der Waals surface area contributed by atoms with Gasteiger partial charge in [-0.2, -0.15) is 0 Å². The molecule has 0 atom stereocenters. The van der Waals surface area contributed by atoms with Crippen LogP contribution >= 0.6 is 0 Å². The third kappa shape index (κ3) is 0.962. The number of allylic oxidation sites excluding steroid dienone is 2. The first-order valence-corrected chi connectivity index (χ1v) is 4.50. The molecule has 68 valence electrons. The largest absolute Gasteiger partial charge is 0.308 e. The van der Waals surface area contributed by atoms with Crippen LogP contribution < -0.4 is 5.32 Å². The first-order chi connectivity index (χ1) is 5.45. The van der Waals surface area contributed by atoms with Crippen molar-refractivity contribution in [3.8, 4) is 0 Å². The maximum atomic E-state index is 3.38. The van der Waals surface area contributed by atoms with E-state index in [1.54, 1.807) is 0 Å². The molecule has 1 rings (SSSR count). The molecule has 0 amide bonds. The number of hydrogen-bond acceptors (Lipinski definition) is 1. The fourth-order valence-electron chi connectivity index (χ4n) is 1.97. The van der Waals surface area contributed by atoms with E-state index in [0.29, 0.717) is 0 Å². The lowest BCUT2D eigenvalue weighted by Gasteiger charge is -2.28. The van der Waals surface area contributed by atoms with E-state index < -0.39 is 0 Å². The molecule has 0 spiro atoms. The smallest absolute Gasteiger partial charge is 0.0584 e. The Morgan fingerprint density at radius 1 is 0.917 bits per heavy atom. The van der Waals surface area contributed by atoms with Gasteiger partial charge >= 0.3 is 0 Å². The minimum Gasteiger partial charge on any atom is -0.308 e. The van der Waals surface area contributed by atoms with Crippen LogP contribution in [0.5, 0.6) is 0 Å². The second-order valence-corrected chi connectivity index (χ2v) is 3.88.